The monoisotopic (exact) mass is 222 g/mol. The fraction of sp³-hybridized carbons (Fsp3) is 0.500. The molecule has 0 saturated heterocycles. The number of fused-ring (bicyclic) bond motifs is 1. The molecule has 0 saturated carbocycles. The summed E-state index contributed by atoms with van der Waals surface area (Å²) in [5, 5.41) is 6.31. The highest BCUT2D eigenvalue weighted by atomic mass is 16.5. The van der Waals surface area contributed by atoms with E-state index in [2.05, 4.69) is 16.7 Å². The van der Waals surface area contributed by atoms with Crippen LogP contribution in [-0.4, -0.2) is 26.9 Å². The van der Waals surface area contributed by atoms with Gasteiger partial charge in [-0.1, -0.05) is 6.07 Å². The van der Waals surface area contributed by atoms with Crippen LogP contribution in [0.2, 0.25) is 0 Å². The Morgan fingerprint density at radius 1 is 1.19 bits per heavy atom. The maximum absolute atomic E-state index is 5.63. The van der Waals surface area contributed by atoms with E-state index in [9.17, 15) is 0 Å². The van der Waals surface area contributed by atoms with E-state index in [4.69, 9.17) is 9.47 Å². The first-order chi connectivity index (χ1) is 7.90. The van der Waals surface area contributed by atoms with Crippen molar-refractivity contribution in [3.8, 4) is 11.5 Å². The molecule has 16 heavy (non-hydrogen) atoms. The molecule has 1 aromatic rings. The van der Waals surface area contributed by atoms with Crippen molar-refractivity contribution >= 4 is 0 Å². The molecule has 2 N–H and O–H groups in total. The third kappa shape index (κ3) is 2.87. The smallest absolute Gasteiger partial charge is 0.161 e. The topological polar surface area (TPSA) is 42.5 Å². The van der Waals surface area contributed by atoms with E-state index >= 15 is 0 Å². The molecule has 0 aliphatic carbocycles. The van der Waals surface area contributed by atoms with E-state index in [1.807, 2.05) is 19.2 Å². The van der Waals surface area contributed by atoms with Crippen molar-refractivity contribution in [2.45, 2.75) is 13.0 Å². The summed E-state index contributed by atoms with van der Waals surface area (Å²) in [7, 11) is 1.92. The summed E-state index contributed by atoms with van der Waals surface area (Å²) in [6.45, 7) is 3.11. The lowest BCUT2D eigenvalue weighted by Crippen LogP contribution is -2.25. The summed E-state index contributed by atoms with van der Waals surface area (Å²) in [4.78, 5) is 0. The van der Waals surface area contributed by atoms with Gasteiger partial charge in [-0.2, -0.15) is 0 Å². The fourth-order valence-corrected chi connectivity index (χ4v) is 1.65. The first-order valence-corrected chi connectivity index (χ1v) is 5.64. The van der Waals surface area contributed by atoms with Gasteiger partial charge in [0.15, 0.2) is 11.5 Å². The van der Waals surface area contributed by atoms with E-state index in [1.54, 1.807) is 0 Å². The number of benzene rings is 1. The Kier molecular flexibility index (Phi) is 4.02. The quantitative estimate of drug-likeness (QED) is 0.591. The van der Waals surface area contributed by atoms with Crippen molar-refractivity contribution in [2.75, 3.05) is 26.9 Å². The average Bonchev–Trinajstić information content (AvgIpc) is 2.54. The number of hydrogen-bond donors (Lipinski definition) is 2. The first kappa shape index (κ1) is 11.2. The van der Waals surface area contributed by atoms with Gasteiger partial charge in [0.25, 0.3) is 0 Å². The van der Waals surface area contributed by atoms with Crippen molar-refractivity contribution in [1.29, 1.82) is 0 Å². The van der Waals surface area contributed by atoms with Gasteiger partial charge in [0, 0.05) is 19.6 Å². The fourth-order valence-electron chi connectivity index (χ4n) is 1.65. The van der Waals surface area contributed by atoms with Gasteiger partial charge in [0.1, 0.15) is 0 Å². The molecule has 0 fully saturated rings. The van der Waals surface area contributed by atoms with Crippen LogP contribution in [0, 0.1) is 0 Å². The predicted octanol–water partition coefficient (Wildman–Crippen LogP) is 1.11. The summed E-state index contributed by atoms with van der Waals surface area (Å²) in [5.74, 6) is 1.72. The minimum atomic E-state index is 0.737. The molecule has 0 unspecified atom stereocenters. The van der Waals surface area contributed by atoms with Crippen molar-refractivity contribution in [2.24, 2.45) is 0 Å². The molecule has 0 aromatic heterocycles. The highest BCUT2D eigenvalue weighted by Gasteiger charge is 2.10. The van der Waals surface area contributed by atoms with Crippen molar-refractivity contribution in [3.05, 3.63) is 23.8 Å². The molecule has 0 spiro atoms. The minimum Gasteiger partial charge on any atom is -0.490 e. The van der Waals surface area contributed by atoms with Gasteiger partial charge in [0.05, 0.1) is 13.2 Å². The molecule has 1 aliphatic heterocycles. The third-order valence-corrected chi connectivity index (χ3v) is 2.44. The predicted molar refractivity (Wildman–Crippen MR) is 62.8 cm³/mol. The zero-order valence-electron chi connectivity index (χ0n) is 9.58. The maximum atomic E-state index is 5.63. The van der Waals surface area contributed by atoms with Gasteiger partial charge < -0.3 is 20.1 Å². The molecule has 1 aromatic carbocycles. The SMILES string of the molecule is CNCNCc1ccc2c(c1)OCCCO2. The molecule has 4 nitrogen and oxygen atoms in total. The molecule has 0 atom stereocenters. The zero-order chi connectivity index (χ0) is 11.2. The molecule has 0 amide bonds. The van der Waals surface area contributed by atoms with Gasteiger partial charge in [-0.15, -0.1) is 0 Å². The Balaban J connectivity index is 2.02. The van der Waals surface area contributed by atoms with Gasteiger partial charge in [-0.05, 0) is 24.7 Å². The van der Waals surface area contributed by atoms with Crippen molar-refractivity contribution in [1.82, 2.24) is 10.6 Å². The molecule has 88 valence electrons. The number of nitrogens with one attached hydrogen (secondary N) is 2. The molecule has 1 aliphatic rings. The van der Waals surface area contributed by atoms with Gasteiger partial charge in [-0.3, -0.25) is 0 Å². The molecule has 1 heterocycles. The standard InChI is InChI=1S/C12H18N2O2/c1-13-9-14-8-10-3-4-11-12(7-10)16-6-2-5-15-11/h3-4,7,13-14H,2,5-6,8-9H2,1H3. The van der Waals surface area contributed by atoms with E-state index < -0.39 is 0 Å². The van der Waals surface area contributed by atoms with Crippen LogP contribution in [-0.2, 0) is 6.54 Å². The van der Waals surface area contributed by atoms with Crippen molar-refractivity contribution < 1.29 is 9.47 Å². The van der Waals surface area contributed by atoms with E-state index in [0.29, 0.717) is 0 Å². The second-order valence-corrected chi connectivity index (χ2v) is 3.79. The first-order valence-electron chi connectivity index (χ1n) is 5.64. The van der Waals surface area contributed by atoms with E-state index in [-0.39, 0.29) is 0 Å². The minimum absolute atomic E-state index is 0.737. The van der Waals surface area contributed by atoms with Crippen LogP contribution in [0.3, 0.4) is 0 Å². The lowest BCUT2D eigenvalue weighted by atomic mass is 10.2. The average molecular weight is 222 g/mol. The Hall–Kier alpha value is -1.26. The number of rotatable bonds is 4. The number of ether oxygens (including phenoxy) is 2. The Bertz CT molecular complexity index is 342. The van der Waals surface area contributed by atoms with Crippen LogP contribution >= 0.6 is 0 Å². The molecular formula is C12H18N2O2. The van der Waals surface area contributed by atoms with Crippen LogP contribution < -0.4 is 20.1 Å². The lowest BCUT2D eigenvalue weighted by molar-refractivity contribution is 0.297. The van der Waals surface area contributed by atoms with Crippen molar-refractivity contribution in [3.63, 3.8) is 0 Å². The van der Waals surface area contributed by atoms with Crippen LogP contribution in [0.1, 0.15) is 12.0 Å². The molecule has 0 bridgehead atoms. The lowest BCUT2D eigenvalue weighted by Gasteiger charge is -2.09. The van der Waals surface area contributed by atoms with E-state index in [1.165, 1.54) is 5.56 Å². The van der Waals surface area contributed by atoms with Crippen LogP contribution in [0.15, 0.2) is 18.2 Å². The van der Waals surface area contributed by atoms with E-state index in [0.717, 1.165) is 44.3 Å². The largest absolute Gasteiger partial charge is 0.490 e. The summed E-state index contributed by atoms with van der Waals surface area (Å²) in [6, 6.07) is 6.09. The normalized spacial score (nSPS) is 14.6. The van der Waals surface area contributed by atoms with Gasteiger partial charge >= 0.3 is 0 Å². The molecular weight excluding hydrogens is 204 g/mol. The van der Waals surface area contributed by atoms with Gasteiger partial charge in [0.2, 0.25) is 0 Å². The number of hydrogen-bond acceptors (Lipinski definition) is 4. The third-order valence-electron chi connectivity index (χ3n) is 2.44. The Labute approximate surface area is 95.9 Å². The highest BCUT2D eigenvalue weighted by Crippen LogP contribution is 2.30. The Morgan fingerprint density at radius 2 is 2.00 bits per heavy atom. The summed E-state index contributed by atoms with van der Waals surface area (Å²) in [5.41, 5.74) is 1.21. The molecule has 0 radical (unpaired) electrons. The molecule has 2 rings (SSSR count). The maximum Gasteiger partial charge on any atom is 0.161 e. The zero-order valence-corrected chi connectivity index (χ0v) is 9.58. The van der Waals surface area contributed by atoms with Crippen LogP contribution in [0.25, 0.3) is 0 Å². The second kappa shape index (κ2) is 5.72. The summed E-state index contributed by atoms with van der Waals surface area (Å²) < 4.78 is 11.2. The van der Waals surface area contributed by atoms with Crippen LogP contribution in [0.4, 0.5) is 0 Å². The summed E-state index contributed by atoms with van der Waals surface area (Å²) in [6.07, 6.45) is 0.946. The second-order valence-electron chi connectivity index (χ2n) is 3.79. The Morgan fingerprint density at radius 3 is 2.81 bits per heavy atom. The highest BCUT2D eigenvalue weighted by molar-refractivity contribution is 5.43. The summed E-state index contributed by atoms with van der Waals surface area (Å²) >= 11 is 0. The van der Waals surface area contributed by atoms with Gasteiger partial charge in [-0.25, -0.2) is 0 Å². The van der Waals surface area contributed by atoms with Crippen LogP contribution in [0.5, 0.6) is 11.5 Å². The molecule has 4 heteroatoms.